The maximum atomic E-state index is 13.5. The molecular formula is C15H10F2N4O2S3. The van der Waals surface area contributed by atoms with Gasteiger partial charge in [0.05, 0.1) is 16.3 Å². The van der Waals surface area contributed by atoms with Gasteiger partial charge in [-0.3, -0.25) is 14.9 Å². The first-order valence-electron chi connectivity index (χ1n) is 7.07. The zero-order chi connectivity index (χ0) is 18.5. The van der Waals surface area contributed by atoms with Gasteiger partial charge < -0.3 is 5.32 Å². The molecule has 0 saturated carbocycles. The summed E-state index contributed by atoms with van der Waals surface area (Å²) in [7, 11) is 0. The maximum Gasteiger partial charge on any atom is 0.267 e. The molecule has 0 fully saturated rings. The Kier molecular flexibility index (Phi) is 5.91. The van der Waals surface area contributed by atoms with Crippen LogP contribution in [0.1, 0.15) is 9.67 Å². The van der Waals surface area contributed by atoms with Gasteiger partial charge in [0.25, 0.3) is 5.91 Å². The fraction of sp³-hybridized carbons (Fsp3) is 0.0667. The summed E-state index contributed by atoms with van der Waals surface area (Å²) in [6.45, 7) is 0. The highest BCUT2D eigenvalue weighted by Gasteiger charge is 2.13. The average molecular weight is 412 g/mol. The van der Waals surface area contributed by atoms with Crippen molar-refractivity contribution in [2.75, 3.05) is 16.4 Å². The molecule has 3 rings (SSSR count). The molecule has 11 heteroatoms. The van der Waals surface area contributed by atoms with Gasteiger partial charge in [-0.1, -0.05) is 29.2 Å². The molecule has 0 radical (unpaired) electrons. The van der Waals surface area contributed by atoms with Gasteiger partial charge in [0.1, 0.15) is 11.6 Å². The number of rotatable bonds is 6. The van der Waals surface area contributed by atoms with E-state index in [0.29, 0.717) is 20.4 Å². The van der Waals surface area contributed by atoms with Gasteiger partial charge in [0.15, 0.2) is 4.34 Å². The predicted octanol–water partition coefficient (Wildman–Crippen LogP) is 3.86. The third-order valence-corrected chi connectivity index (χ3v) is 5.74. The molecule has 26 heavy (non-hydrogen) atoms. The fourth-order valence-electron chi connectivity index (χ4n) is 1.79. The van der Waals surface area contributed by atoms with Gasteiger partial charge in [-0.25, -0.2) is 8.78 Å². The second-order valence-electron chi connectivity index (χ2n) is 4.77. The quantitative estimate of drug-likeness (QED) is 0.474. The lowest BCUT2D eigenvalue weighted by atomic mass is 10.3. The number of carbonyl (C=O) groups is 2. The molecule has 0 aliphatic rings. The zero-order valence-corrected chi connectivity index (χ0v) is 15.3. The Morgan fingerprint density at radius 3 is 2.73 bits per heavy atom. The Bertz CT molecular complexity index is 931. The van der Waals surface area contributed by atoms with E-state index in [4.69, 9.17) is 0 Å². The lowest BCUT2D eigenvalue weighted by Gasteiger charge is -2.05. The number of amides is 2. The van der Waals surface area contributed by atoms with Crippen molar-refractivity contribution in [1.82, 2.24) is 10.2 Å². The molecule has 0 aliphatic heterocycles. The number of hydrogen-bond acceptors (Lipinski definition) is 7. The Morgan fingerprint density at radius 1 is 1.15 bits per heavy atom. The average Bonchev–Trinajstić information content (AvgIpc) is 3.27. The first-order valence-corrected chi connectivity index (χ1v) is 9.75. The summed E-state index contributed by atoms with van der Waals surface area (Å²) in [6.07, 6.45) is 0. The van der Waals surface area contributed by atoms with E-state index >= 15 is 0 Å². The number of anilines is 2. The Hall–Kier alpha value is -2.37. The molecule has 2 aromatic heterocycles. The van der Waals surface area contributed by atoms with E-state index in [1.807, 2.05) is 0 Å². The second-order valence-corrected chi connectivity index (χ2v) is 7.91. The third kappa shape index (κ3) is 4.84. The van der Waals surface area contributed by atoms with Gasteiger partial charge in [0.2, 0.25) is 11.0 Å². The first kappa shape index (κ1) is 18.4. The number of carbonyl (C=O) groups excluding carboxylic acids is 2. The van der Waals surface area contributed by atoms with Crippen molar-refractivity contribution in [3.05, 3.63) is 52.2 Å². The van der Waals surface area contributed by atoms with Crippen molar-refractivity contribution in [3.63, 3.8) is 0 Å². The Balaban J connectivity index is 1.51. The number of thiophene rings is 1. The molecule has 0 aliphatic carbocycles. The van der Waals surface area contributed by atoms with E-state index < -0.39 is 17.5 Å². The molecule has 1 aromatic carbocycles. The highest BCUT2D eigenvalue weighted by Crippen LogP contribution is 2.26. The zero-order valence-electron chi connectivity index (χ0n) is 12.9. The molecule has 0 atom stereocenters. The first-order chi connectivity index (χ1) is 12.5. The summed E-state index contributed by atoms with van der Waals surface area (Å²) in [5.41, 5.74) is -0.0989. The summed E-state index contributed by atoms with van der Waals surface area (Å²) < 4.78 is 26.8. The van der Waals surface area contributed by atoms with Crippen LogP contribution in [0, 0.1) is 11.6 Å². The van der Waals surface area contributed by atoms with Crippen LogP contribution in [0.2, 0.25) is 0 Å². The summed E-state index contributed by atoms with van der Waals surface area (Å²) in [5.74, 6) is -2.36. The lowest BCUT2D eigenvalue weighted by molar-refractivity contribution is -0.113. The Morgan fingerprint density at radius 2 is 2.00 bits per heavy atom. The summed E-state index contributed by atoms with van der Waals surface area (Å²) >= 11 is 3.52. The molecule has 0 saturated heterocycles. The summed E-state index contributed by atoms with van der Waals surface area (Å²) in [5, 5.41) is 14.8. The van der Waals surface area contributed by atoms with Crippen LogP contribution >= 0.6 is 34.4 Å². The standard InChI is InChI=1S/C15H10F2N4O2S3/c16-8-3-4-10(9(17)6-8)18-12(22)7-25-15-21-20-14(26-15)19-13(23)11-2-1-5-24-11/h1-6H,7H2,(H,18,22)(H,19,20,23). The van der Waals surface area contributed by atoms with E-state index in [1.54, 1.807) is 17.5 Å². The van der Waals surface area contributed by atoms with Crippen LogP contribution in [-0.4, -0.2) is 27.8 Å². The minimum atomic E-state index is -0.849. The molecule has 2 amide bonds. The highest BCUT2D eigenvalue weighted by atomic mass is 32.2. The van der Waals surface area contributed by atoms with Crippen LogP contribution in [0.15, 0.2) is 40.1 Å². The number of thioether (sulfide) groups is 1. The molecule has 134 valence electrons. The lowest BCUT2D eigenvalue weighted by Crippen LogP contribution is -2.15. The van der Waals surface area contributed by atoms with Crippen LogP contribution in [0.3, 0.4) is 0 Å². The number of nitrogens with one attached hydrogen (secondary N) is 2. The van der Waals surface area contributed by atoms with E-state index in [2.05, 4.69) is 20.8 Å². The number of hydrogen-bond donors (Lipinski definition) is 2. The van der Waals surface area contributed by atoms with Crippen LogP contribution in [0.4, 0.5) is 19.6 Å². The maximum absolute atomic E-state index is 13.5. The van der Waals surface area contributed by atoms with Crippen LogP contribution in [0.5, 0.6) is 0 Å². The molecular weight excluding hydrogens is 402 g/mol. The summed E-state index contributed by atoms with van der Waals surface area (Å²) in [4.78, 5) is 24.3. The minimum absolute atomic E-state index is 0.0374. The van der Waals surface area contributed by atoms with Crippen molar-refractivity contribution in [2.45, 2.75) is 4.34 Å². The van der Waals surface area contributed by atoms with Gasteiger partial charge in [-0.15, -0.1) is 21.5 Å². The number of halogens is 2. The largest absolute Gasteiger partial charge is 0.323 e. The number of nitrogens with zero attached hydrogens (tertiary/aromatic N) is 2. The third-order valence-electron chi connectivity index (χ3n) is 2.90. The monoisotopic (exact) mass is 412 g/mol. The number of aromatic nitrogens is 2. The predicted molar refractivity (Wildman–Crippen MR) is 97.9 cm³/mol. The van der Waals surface area contributed by atoms with Crippen molar-refractivity contribution in [1.29, 1.82) is 0 Å². The normalized spacial score (nSPS) is 10.5. The minimum Gasteiger partial charge on any atom is -0.323 e. The second kappa shape index (κ2) is 8.34. The van der Waals surface area contributed by atoms with Crippen LogP contribution in [0.25, 0.3) is 0 Å². The van der Waals surface area contributed by atoms with E-state index in [0.717, 1.165) is 35.2 Å². The van der Waals surface area contributed by atoms with Crippen LogP contribution < -0.4 is 10.6 Å². The molecule has 0 bridgehead atoms. The van der Waals surface area contributed by atoms with Crippen molar-refractivity contribution >= 4 is 57.1 Å². The van der Waals surface area contributed by atoms with Crippen LogP contribution in [-0.2, 0) is 4.79 Å². The molecule has 0 spiro atoms. The fourth-order valence-corrected chi connectivity index (χ4v) is 3.96. The van der Waals surface area contributed by atoms with Gasteiger partial charge in [-0.05, 0) is 23.6 Å². The molecule has 6 nitrogen and oxygen atoms in total. The van der Waals surface area contributed by atoms with Crippen molar-refractivity contribution in [2.24, 2.45) is 0 Å². The van der Waals surface area contributed by atoms with E-state index in [9.17, 15) is 18.4 Å². The molecule has 0 unspecified atom stereocenters. The van der Waals surface area contributed by atoms with E-state index in [-0.39, 0.29) is 17.3 Å². The van der Waals surface area contributed by atoms with Gasteiger partial charge >= 0.3 is 0 Å². The highest BCUT2D eigenvalue weighted by molar-refractivity contribution is 8.01. The van der Waals surface area contributed by atoms with E-state index in [1.165, 1.54) is 11.3 Å². The molecule has 2 heterocycles. The Labute approximate surface area is 158 Å². The smallest absolute Gasteiger partial charge is 0.267 e. The van der Waals surface area contributed by atoms with Crippen molar-refractivity contribution < 1.29 is 18.4 Å². The summed E-state index contributed by atoms with van der Waals surface area (Å²) in [6, 6.07) is 6.35. The van der Waals surface area contributed by atoms with Crippen molar-refractivity contribution in [3.8, 4) is 0 Å². The molecule has 3 aromatic rings. The van der Waals surface area contributed by atoms with Gasteiger partial charge in [-0.2, -0.15) is 0 Å². The van der Waals surface area contributed by atoms with Gasteiger partial charge in [0, 0.05) is 6.07 Å². The topological polar surface area (TPSA) is 84.0 Å². The molecule has 2 N–H and O–H groups in total. The number of benzene rings is 1. The SMILES string of the molecule is O=C(CSc1nnc(NC(=O)c2cccs2)s1)Nc1ccc(F)cc1F.